The van der Waals surface area contributed by atoms with Gasteiger partial charge in [-0.15, -0.1) is 0 Å². The Morgan fingerprint density at radius 2 is 1.55 bits per heavy atom. The van der Waals surface area contributed by atoms with Gasteiger partial charge in [0.2, 0.25) is 0 Å². The summed E-state index contributed by atoms with van der Waals surface area (Å²) in [5.41, 5.74) is 3.30. The van der Waals surface area contributed by atoms with Gasteiger partial charge >= 0.3 is 5.97 Å². The van der Waals surface area contributed by atoms with Gasteiger partial charge in [-0.25, -0.2) is 4.99 Å². The highest BCUT2D eigenvalue weighted by Crippen LogP contribution is 2.67. The molecule has 0 amide bonds. The van der Waals surface area contributed by atoms with Crippen LogP contribution in [0.3, 0.4) is 0 Å². The number of carbonyl (C=O) groups is 1. The largest absolute Gasteiger partial charge is 0.494 e. The molecule has 0 unspecified atom stereocenters. The zero-order valence-electron chi connectivity index (χ0n) is 40.5. The maximum absolute atomic E-state index is 13.0. The van der Waals surface area contributed by atoms with Gasteiger partial charge in [-0.1, -0.05) is 109 Å². The molecule has 0 saturated heterocycles. The first-order valence-electron chi connectivity index (χ1n) is 25.8. The molecule has 354 valence electrons. The highest BCUT2D eigenvalue weighted by molar-refractivity contribution is 5.83. The number of ether oxygens (including phenoxy) is 3. The van der Waals surface area contributed by atoms with Crippen LogP contribution in [0.2, 0.25) is 0 Å². The van der Waals surface area contributed by atoms with Crippen molar-refractivity contribution in [2.75, 3.05) is 13.2 Å². The van der Waals surface area contributed by atoms with E-state index in [-0.39, 0.29) is 28.9 Å². The average Bonchev–Trinajstić information content (AvgIpc) is 3.95. The predicted molar refractivity (Wildman–Crippen MR) is 264 cm³/mol. The van der Waals surface area contributed by atoms with Crippen LogP contribution in [-0.2, 0) is 9.53 Å². The fourth-order valence-corrected chi connectivity index (χ4v) is 13.1. The summed E-state index contributed by atoms with van der Waals surface area (Å²) in [6, 6.07) is 12.4. The number of benzene rings is 2. The summed E-state index contributed by atoms with van der Waals surface area (Å²) < 4.78 is 17.9. The number of nitro groups is 1. The molecule has 0 aliphatic heterocycles. The van der Waals surface area contributed by atoms with E-state index >= 15 is 0 Å². The van der Waals surface area contributed by atoms with Crippen LogP contribution in [0.1, 0.15) is 169 Å². The third-order valence-corrected chi connectivity index (χ3v) is 16.8. The van der Waals surface area contributed by atoms with Crippen LogP contribution >= 0.6 is 0 Å². The van der Waals surface area contributed by atoms with Crippen LogP contribution in [0, 0.1) is 62.4 Å². The Labute approximate surface area is 391 Å². The molecule has 8 heteroatoms. The SMILES string of the molecule is CC(C)CCC[C@@H](C)[C@H]1CC[C@H]2[C@@H]3CC=C4C[C@@H](OC(=O)CCCCCOc5ccc(N=Cc6ccc(OCCCCCCC7C=CC=C7)cc6)c([N+](=O)[O-])c5)CC[C@]4(C)[C@H]3CC[C@]12C. The Balaban J connectivity index is 0.781. The van der Waals surface area contributed by atoms with E-state index in [1.165, 1.54) is 76.7 Å². The van der Waals surface area contributed by atoms with Crippen molar-refractivity contribution in [3.63, 3.8) is 0 Å². The Kier molecular flexibility index (Phi) is 17.2. The van der Waals surface area contributed by atoms with E-state index in [1.54, 1.807) is 23.9 Å². The van der Waals surface area contributed by atoms with Gasteiger partial charge in [-0.3, -0.25) is 14.9 Å². The molecule has 65 heavy (non-hydrogen) atoms. The van der Waals surface area contributed by atoms with Gasteiger partial charge in [0, 0.05) is 19.1 Å². The van der Waals surface area contributed by atoms with E-state index in [0.29, 0.717) is 36.7 Å². The van der Waals surface area contributed by atoms with Crippen LogP contribution in [0.25, 0.3) is 0 Å². The Morgan fingerprint density at radius 3 is 2.31 bits per heavy atom. The Morgan fingerprint density at radius 1 is 0.831 bits per heavy atom. The molecule has 0 heterocycles. The lowest BCUT2D eigenvalue weighted by molar-refractivity contribution is -0.384. The molecule has 3 saturated carbocycles. The summed E-state index contributed by atoms with van der Waals surface area (Å²) in [5.74, 6) is 6.70. The minimum absolute atomic E-state index is 0.0153. The fourth-order valence-electron chi connectivity index (χ4n) is 13.1. The van der Waals surface area contributed by atoms with Crippen LogP contribution < -0.4 is 9.47 Å². The number of aliphatic imine (C=N–C) groups is 1. The molecule has 5 aliphatic carbocycles. The van der Waals surface area contributed by atoms with Crippen molar-refractivity contribution in [3.8, 4) is 11.5 Å². The number of nitrogens with zero attached hydrogens (tertiary/aromatic N) is 2. The number of carbonyl (C=O) groups excluding carboxylic acids is 1. The molecule has 8 atom stereocenters. The van der Waals surface area contributed by atoms with Crippen LogP contribution in [0.5, 0.6) is 11.5 Å². The third-order valence-electron chi connectivity index (χ3n) is 16.8. The lowest BCUT2D eigenvalue weighted by Gasteiger charge is -2.58. The minimum atomic E-state index is -0.425. The number of fused-ring (bicyclic) bond motifs is 5. The van der Waals surface area contributed by atoms with Crippen LogP contribution in [0.15, 0.2) is 83.4 Å². The van der Waals surface area contributed by atoms with Gasteiger partial charge in [-0.2, -0.15) is 0 Å². The average molecular weight is 889 g/mol. The molecule has 0 spiro atoms. The molecule has 0 bridgehead atoms. The van der Waals surface area contributed by atoms with Crippen LogP contribution in [0.4, 0.5) is 11.4 Å². The number of unbranched alkanes of at least 4 members (excludes halogenated alkanes) is 5. The standard InChI is InChI=1S/C57H80N2O6/c1-41(2)16-15-17-42(3)50-29-30-51-49-28-24-45-38-48(32-34-56(45,4)52(49)33-35-57(50,51)5)65-55(60)21-10-8-14-37-64-47-27-31-53(54(39-47)59(61)62)58-40-44-22-25-46(26-23-44)63-36-13-7-6-9-18-43-19-11-12-20-43/h11-12,19-20,22-27,31,39-43,48-52H,6-10,13-18,21,28-30,32-38H2,1-5H3/t42-,48+,49+,50-,51+,52+,56+,57-/m1/s1. The molecule has 2 aromatic rings. The molecule has 7 rings (SSSR count). The number of esters is 1. The summed E-state index contributed by atoms with van der Waals surface area (Å²) in [4.78, 5) is 29.0. The normalized spacial score (nSPS) is 27.6. The van der Waals surface area contributed by atoms with Gasteiger partial charge < -0.3 is 14.2 Å². The topological polar surface area (TPSA) is 100 Å². The van der Waals surface area contributed by atoms with E-state index in [2.05, 4.69) is 70.0 Å². The minimum Gasteiger partial charge on any atom is -0.494 e. The summed E-state index contributed by atoms with van der Waals surface area (Å²) in [6.07, 6.45) is 35.5. The molecular formula is C57H80N2O6. The molecule has 0 radical (unpaired) electrons. The zero-order chi connectivity index (χ0) is 45.8. The van der Waals surface area contributed by atoms with Gasteiger partial charge in [0.25, 0.3) is 5.69 Å². The fraction of sp³-hybridized carbons (Fsp3) is 0.649. The van der Waals surface area contributed by atoms with Gasteiger partial charge in [-0.05, 0) is 171 Å². The maximum Gasteiger partial charge on any atom is 0.306 e. The first-order valence-corrected chi connectivity index (χ1v) is 25.8. The van der Waals surface area contributed by atoms with Crippen molar-refractivity contribution in [1.29, 1.82) is 0 Å². The highest BCUT2D eigenvalue weighted by Gasteiger charge is 2.59. The van der Waals surface area contributed by atoms with Crippen molar-refractivity contribution in [2.24, 2.45) is 57.2 Å². The lowest BCUT2D eigenvalue weighted by Crippen LogP contribution is -2.51. The Hall–Kier alpha value is -4.20. The smallest absolute Gasteiger partial charge is 0.306 e. The monoisotopic (exact) mass is 889 g/mol. The number of hydrogen-bond donors (Lipinski definition) is 0. The van der Waals surface area contributed by atoms with Gasteiger partial charge in [0.05, 0.1) is 24.2 Å². The number of hydrogen-bond acceptors (Lipinski definition) is 7. The maximum atomic E-state index is 13.0. The first kappa shape index (κ1) is 48.7. The van der Waals surface area contributed by atoms with Crippen LogP contribution in [-0.4, -0.2) is 36.4 Å². The molecule has 0 aromatic heterocycles. The molecule has 8 nitrogen and oxygen atoms in total. The number of allylic oxidation sites excluding steroid dienone is 5. The van der Waals surface area contributed by atoms with E-state index in [0.717, 1.165) is 98.2 Å². The summed E-state index contributed by atoms with van der Waals surface area (Å²) in [7, 11) is 0. The third kappa shape index (κ3) is 12.6. The van der Waals surface area contributed by atoms with E-state index in [9.17, 15) is 14.9 Å². The Bertz CT molecular complexity index is 1990. The van der Waals surface area contributed by atoms with E-state index in [4.69, 9.17) is 14.2 Å². The lowest BCUT2D eigenvalue weighted by atomic mass is 9.47. The second-order valence-electron chi connectivity index (χ2n) is 21.5. The van der Waals surface area contributed by atoms with Crippen molar-refractivity contribution in [2.45, 2.75) is 169 Å². The van der Waals surface area contributed by atoms with Crippen molar-refractivity contribution >= 4 is 23.6 Å². The first-order chi connectivity index (χ1) is 31.4. The van der Waals surface area contributed by atoms with E-state index in [1.807, 2.05) is 24.3 Å². The molecular weight excluding hydrogens is 809 g/mol. The second-order valence-corrected chi connectivity index (χ2v) is 21.5. The quantitative estimate of drug-likeness (QED) is 0.0260. The highest BCUT2D eigenvalue weighted by atomic mass is 16.6. The second kappa shape index (κ2) is 23.0. The molecule has 0 N–H and O–H groups in total. The van der Waals surface area contributed by atoms with Crippen molar-refractivity contribution < 1.29 is 23.9 Å². The predicted octanol–water partition coefficient (Wildman–Crippen LogP) is 15.3. The van der Waals surface area contributed by atoms with Crippen molar-refractivity contribution in [1.82, 2.24) is 0 Å². The molecule has 3 fully saturated rings. The summed E-state index contributed by atoms with van der Waals surface area (Å²) in [5, 5.41) is 12.0. The van der Waals surface area contributed by atoms with E-state index < -0.39 is 4.92 Å². The zero-order valence-corrected chi connectivity index (χ0v) is 40.5. The van der Waals surface area contributed by atoms with Crippen molar-refractivity contribution in [3.05, 3.63) is 94.1 Å². The van der Waals surface area contributed by atoms with Gasteiger partial charge in [0.15, 0.2) is 0 Å². The molecule has 2 aromatic carbocycles. The van der Waals surface area contributed by atoms with Gasteiger partial charge in [0.1, 0.15) is 23.3 Å². The number of rotatable bonds is 24. The summed E-state index contributed by atoms with van der Waals surface area (Å²) >= 11 is 0. The molecule has 5 aliphatic rings. The summed E-state index contributed by atoms with van der Waals surface area (Å²) in [6.45, 7) is 13.6. The number of nitro benzene ring substituents is 1.